The predicted octanol–water partition coefficient (Wildman–Crippen LogP) is 4.47. The Morgan fingerprint density at radius 2 is 1.71 bits per heavy atom. The quantitative estimate of drug-likeness (QED) is 0.804. The molecule has 0 unspecified atom stereocenters. The van der Waals surface area contributed by atoms with E-state index in [1.807, 2.05) is 24.3 Å². The lowest BCUT2D eigenvalue weighted by molar-refractivity contribution is 0.102. The highest BCUT2D eigenvalue weighted by molar-refractivity contribution is 6.33. The molecule has 0 fully saturated rings. The smallest absolute Gasteiger partial charge is 0.255 e. The maximum absolute atomic E-state index is 12.1. The summed E-state index contributed by atoms with van der Waals surface area (Å²) in [7, 11) is 0. The molecule has 3 N–H and O–H groups in total. The molecule has 21 heavy (non-hydrogen) atoms. The number of halogens is 1. The molecule has 0 saturated carbocycles. The third kappa shape index (κ3) is 3.76. The third-order valence-corrected chi connectivity index (χ3v) is 3.61. The van der Waals surface area contributed by atoms with Crippen molar-refractivity contribution in [3.8, 4) is 0 Å². The maximum Gasteiger partial charge on any atom is 0.255 e. The number of amides is 1. The van der Waals surface area contributed by atoms with Gasteiger partial charge in [0.25, 0.3) is 5.91 Å². The number of hydrogen-bond acceptors (Lipinski definition) is 2. The highest BCUT2D eigenvalue weighted by Crippen LogP contribution is 2.24. The van der Waals surface area contributed by atoms with Crippen molar-refractivity contribution in [3.63, 3.8) is 0 Å². The fourth-order valence-electron chi connectivity index (χ4n) is 1.94. The van der Waals surface area contributed by atoms with Gasteiger partial charge >= 0.3 is 0 Å². The van der Waals surface area contributed by atoms with Crippen LogP contribution in [0.4, 0.5) is 11.4 Å². The Morgan fingerprint density at radius 1 is 1.10 bits per heavy atom. The topological polar surface area (TPSA) is 55.1 Å². The van der Waals surface area contributed by atoms with Crippen molar-refractivity contribution < 1.29 is 4.79 Å². The molecule has 0 spiro atoms. The SMILES string of the molecule is CC(C)(C)c1ccc(NC(=O)c2ccc(Cl)c(N)c2)cc1. The van der Waals surface area contributed by atoms with E-state index in [2.05, 4.69) is 26.1 Å². The summed E-state index contributed by atoms with van der Waals surface area (Å²) in [6, 6.07) is 12.7. The first-order valence-corrected chi connectivity index (χ1v) is 7.12. The van der Waals surface area contributed by atoms with Crippen LogP contribution in [0.2, 0.25) is 5.02 Å². The van der Waals surface area contributed by atoms with Gasteiger partial charge in [-0.15, -0.1) is 0 Å². The highest BCUT2D eigenvalue weighted by atomic mass is 35.5. The zero-order valence-electron chi connectivity index (χ0n) is 12.4. The van der Waals surface area contributed by atoms with Crippen LogP contribution in [0.15, 0.2) is 42.5 Å². The van der Waals surface area contributed by atoms with Gasteiger partial charge in [-0.05, 0) is 41.3 Å². The number of carbonyl (C=O) groups is 1. The zero-order chi connectivity index (χ0) is 15.6. The van der Waals surface area contributed by atoms with Gasteiger partial charge in [0.1, 0.15) is 0 Å². The number of anilines is 2. The normalized spacial score (nSPS) is 11.2. The van der Waals surface area contributed by atoms with E-state index in [1.54, 1.807) is 18.2 Å². The molecule has 0 saturated heterocycles. The number of nitrogen functional groups attached to an aromatic ring is 1. The number of carbonyl (C=O) groups excluding carboxylic acids is 1. The largest absolute Gasteiger partial charge is 0.398 e. The lowest BCUT2D eigenvalue weighted by Gasteiger charge is -2.19. The summed E-state index contributed by atoms with van der Waals surface area (Å²) in [4.78, 5) is 12.1. The molecule has 1 amide bonds. The van der Waals surface area contributed by atoms with E-state index < -0.39 is 0 Å². The summed E-state index contributed by atoms with van der Waals surface area (Å²) in [6.07, 6.45) is 0. The van der Waals surface area contributed by atoms with Crippen LogP contribution in [0.3, 0.4) is 0 Å². The predicted molar refractivity (Wildman–Crippen MR) is 89.0 cm³/mol. The molecule has 0 atom stereocenters. The van der Waals surface area contributed by atoms with E-state index in [0.717, 1.165) is 5.69 Å². The Hall–Kier alpha value is -2.00. The molecule has 2 aromatic rings. The van der Waals surface area contributed by atoms with Crippen molar-refractivity contribution in [1.29, 1.82) is 0 Å². The minimum absolute atomic E-state index is 0.0904. The van der Waals surface area contributed by atoms with Crippen LogP contribution < -0.4 is 11.1 Å². The molecule has 0 heterocycles. The zero-order valence-corrected chi connectivity index (χ0v) is 13.2. The monoisotopic (exact) mass is 302 g/mol. The Labute approximate surface area is 130 Å². The van der Waals surface area contributed by atoms with E-state index in [4.69, 9.17) is 17.3 Å². The number of nitrogens with one attached hydrogen (secondary N) is 1. The first-order valence-electron chi connectivity index (χ1n) is 6.74. The molecule has 4 heteroatoms. The third-order valence-electron chi connectivity index (χ3n) is 3.27. The van der Waals surface area contributed by atoms with Crippen LogP contribution in [-0.4, -0.2) is 5.91 Å². The van der Waals surface area contributed by atoms with Crippen LogP contribution in [0.25, 0.3) is 0 Å². The van der Waals surface area contributed by atoms with E-state index in [9.17, 15) is 4.79 Å². The average molecular weight is 303 g/mol. The van der Waals surface area contributed by atoms with Crippen LogP contribution in [0.5, 0.6) is 0 Å². The molecule has 0 bridgehead atoms. The molecule has 0 radical (unpaired) electrons. The number of benzene rings is 2. The summed E-state index contributed by atoms with van der Waals surface area (Å²) < 4.78 is 0. The molecule has 2 rings (SSSR count). The summed E-state index contributed by atoms with van der Waals surface area (Å²) in [5.74, 6) is -0.207. The van der Waals surface area contributed by atoms with Gasteiger partial charge < -0.3 is 11.1 Å². The van der Waals surface area contributed by atoms with Crippen molar-refractivity contribution in [2.75, 3.05) is 11.1 Å². The molecule has 0 aliphatic carbocycles. The summed E-state index contributed by atoms with van der Waals surface area (Å²) in [6.45, 7) is 6.45. The Balaban J connectivity index is 2.14. The van der Waals surface area contributed by atoms with Gasteiger partial charge in [-0.1, -0.05) is 44.5 Å². The molecular weight excluding hydrogens is 284 g/mol. The molecular formula is C17H19ClN2O. The Bertz CT molecular complexity index is 657. The standard InChI is InChI=1S/C17H19ClN2O/c1-17(2,3)12-5-7-13(8-6-12)20-16(21)11-4-9-14(18)15(19)10-11/h4-10H,19H2,1-3H3,(H,20,21). The first-order chi connectivity index (χ1) is 9.77. The van der Waals surface area contributed by atoms with Gasteiger partial charge in [0.2, 0.25) is 0 Å². The van der Waals surface area contributed by atoms with Crippen molar-refractivity contribution in [1.82, 2.24) is 0 Å². The van der Waals surface area contributed by atoms with Crippen LogP contribution in [-0.2, 0) is 5.41 Å². The van der Waals surface area contributed by atoms with E-state index in [0.29, 0.717) is 16.3 Å². The second-order valence-corrected chi connectivity index (χ2v) is 6.42. The summed E-state index contributed by atoms with van der Waals surface area (Å²) in [5, 5.41) is 3.29. The van der Waals surface area contributed by atoms with E-state index in [-0.39, 0.29) is 11.3 Å². The van der Waals surface area contributed by atoms with Crippen molar-refractivity contribution in [2.45, 2.75) is 26.2 Å². The van der Waals surface area contributed by atoms with Crippen molar-refractivity contribution in [2.24, 2.45) is 0 Å². The molecule has 110 valence electrons. The Morgan fingerprint density at radius 3 is 2.24 bits per heavy atom. The highest BCUT2D eigenvalue weighted by Gasteiger charge is 2.13. The van der Waals surface area contributed by atoms with Crippen LogP contribution in [0.1, 0.15) is 36.7 Å². The first kappa shape index (κ1) is 15.4. The van der Waals surface area contributed by atoms with E-state index >= 15 is 0 Å². The lowest BCUT2D eigenvalue weighted by Crippen LogP contribution is -2.13. The van der Waals surface area contributed by atoms with Gasteiger partial charge in [0.15, 0.2) is 0 Å². The molecule has 0 aliphatic heterocycles. The second-order valence-electron chi connectivity index (χ2n) is 6.02. The molecule has 0 aromatic heterocycles. The lowest BCUT2D eigenvalue weighted by atomic mass is 9.87. The number of hydrogen-bond donors (Lipinski definition) is 2. The van der Waals surface area contributed by atoms with Crippen LogP contribution in [0, 0.1) is 0 Å². The average Bonchev–Trinajstić information content (AvgIpc) is 2.41. The van der Waals surface area contributed by atoms with Gasteiger partial charge in [0.05, 0.1) is 10.7 Å². The fourth-order valence-corrected chi connectivity index (χ4v) is 2.06. The molecule has 0 aliphatic rings. The second kappa shape index (κ2) is 5.78. The minimum Gasteiger partial charge on any atom is -0.398 e. The van der Waals surface area contributed by atoms with Gasteiger partial charge in [0, 0.05) is 11.3 Å². The minimum atomic E-state index is -0.207. The van der Waals surface area contributed by atoms with Gasteiger partial charge in [-0.25, -0.2) is 0 Å². The van der Waals surface area contributed by atoms with E-state index in [1.165, 1.54) is 5.56 Å². The number of nitrogens with two attached hydrogens (primary N) is 1. The fraction of sp³-hybridized carbons (Fsp3) is 0.235. The van der Waals surface area contributed by atoms with Crippen molar-refractivity contribution >= 4 is 28.9 Å². The summed E-state index contributed by atoms with van der Waals surface area (Å²) in [5.41, 5.74) is 8.65. The van der Waals surface area contributed by atoms with Gasteiger partial charge in [-0.3, -0.25) is 4.79 Å². The molecule has 2 aromatic carbocycles. The number of rotatable bonds is 2. The maximum atomic E-state index is 12.1. The molecule has 3 nitrogen and oxygen atoms in total. The Kier molecular flexibility index (Phi) is 4.24. The van der Waals surface area contributed by atoms with Crippen LogP contribution >= 0.6 is 11.6 Å². The van der Waals surface area contributed by atoms with Crippen molar-refractivity contribution in [3.05, 3.63) is 58.6 Å². The summed E-state index contributed by atoms with van der Waals surface area (Å²) >= 11 is 5.85. The van der Waals surface area contributed by atoms with Gasteiger partial charge in [-0.2, -0.15) is 0 Å².